The van der Waals surface area contributed by atoms with Crippen LogP contribution in [0.15, 0.2) is 18.2 Å². The molecule has 0 atom stereocenters. The summed E-state index contributed by atoms with van der Waals surface area (Å²) in [6.45, 7) is 3.43. The first kappa shape index (κ1) is 24.1. The number of aliphatic hydroxyl groups is 2. The summed E-state index contributed by atoms with van der Waals surface area (Å²) in [4.78, 5) is 13.5. The van der Waals surface area contributed by atoms with Crippen LogP contribution in [0.3, 0.4) is 0 Å². The maximum absolute atomic E-state index is 11.4. The summed E-state index contributed by atoms with van der Waals surface area (Å²) in [6, 6.07) is 5.55. The molecule has 1 aromatic carbocycles. The molecule has 0 fully saturated rings. The minimum absolute atomic E-state index is 0.0957. The number of nitrogens with zero attached hydrogens (tertiary/aromatic N) is 1. The Hall–Kier alpha value is -0.940. The summed E-state index contributed by atoms with van der Waals surface area (Å²) >= 11 is 2.26. The average molecular weight is 495 g/mol. The van der Waals surface area contributed by atoms with Crippen molar-refractivity contribution in [2.75, 3.05) is 56.0 Å². The zero-order chi connectivity index (χ0) is 19.9. The highest BCUT2D eigenvalue weighted by atomic mass is 127. The van der Waals surface area contributed by atoms with E-state index in [0.29, 0.717) is 45.8 Å². The van der Waals surface area contributed by atoms with E-state index in [4.69, 9.17) is 14.2 Å². The molecule has 0 amide bonds. The molecule has 0 aliphatic carbocycles. The Kier molecular flexibility index (Phi) is 13.4. The van der Waals surface area contributed by atoms with Gasteiger partial charge in [-0.25, -0.2) is 0 Å². The van der Waals surface area contributed by atoms with E-state index in [1.54, 1.807) is 6.07 Å². The summed E-state index contributed by atoms with van der Waals surface area (Å²) in [5.74, 6) is -0.237. The number of esters is 1. The number of anilines is 1. The van der Waals surface area contributed by atoms with Gasteiger partial charge in [-0.2, -0.15) is 0 Å². The standard InChI is InChI=1S/C19H30INO6/c1-25-19(24)3-2-5-21(6-8-27-10-9-26-7-4-20)18-12-16(14-22)11-17(13-18)15-23/h11-13,22-23H,2-10,14-15H2,1H3. The molecular formula is C19H30INO6. The highest BCUT2D eigenvalue weighted by Gasteiger charge is 2.11. The van der Waals surface area contributed by atoms with Crippen LogP contribution < -0.4 is 4.90 Å². The van der Waals surface area contributed by atoms with E-state index in [1.807, 2.05) is 12.1 Å². The van der Waals surface area contributed by atoms with Crippen molar-refractivity contribution in [2.45, 2.75) is 26.1 Å². The van der Waals surface area contributed by atoms with Crippen LogP contribution in [0.25, 0.3) is 0 Å². The summed E-state index contributed by atoms with van der Waals surface area (Å²) < 4.78 is 16.7. The zero-order valence-corrected chi connectivity index (χ0v) is 18.0. The van der Waals surface area contributed by atoms with Crippen molar-refractivity contribution in [1.82, 2.24) is 0 Å². The molecule has 0 heterocycles. The number of benzene rings is 1. The van der Waals surface area contributed by atoms with Crippen molar-refractivity contribution >= 4 is 34.2 Å². The molecule has 0 radical (unpaired) electrons. The van der Waals surface area contributed by atoms with Crippen molar-refractivity contribution < 1.29 is 29.2 Å². The van der Waals surface area contributed by atoms with Gasteiger partial charge in [0.2, 0.25) is 0 Å². The number of rotatable bonds is 15. The molecular weight excluding hydrogens is 465 g/mol. The summed E-state index contributed by atoms with van der Waals surface area (Å²) in [5.41, 5.74) is 2.37. The molecule has 0 bridgehead atoms. The lowest BCUT2D eigenvalue weighted by Crippen LogP contribution is -2.29. The van der Waals surface area contributed by atoms with Crippen LogP contribution in [0.2, 0.25) is 0 Å². The number of hydrogen-bond donors (Lipinski definition) is 2. The molecule has 0 aromatic heterocycles. The van der Waals surface area contributed by atoms with Crippen LogP contribution in [0.4, 0.5) is 5.69 Å². The molecule has 2 N–H and O–H groups in total. The number of aliphatic hydroxyl groups excluding tert-OH is 2. The quantitative estimate of drug-likeness (QED) is 0.166. The second-order valence-corrected chi connectivity index (χ2v) is 6.98. The van der Waals surface area contributed by atoms with E-state index in [9.17, 15) is 15.0 Å². The highest BCUT2D eigenvalue weighted by molar-refractivity contribution is 14.1. The van der Waals surface area contributed by atoms with Gasteiger partial charge in [-0.1, -0.05) is 28.7 Å². The first-order valence-electron chi connectivity index (χ1n) is 9.02. The van der Waals surface area contributed by atoms with Crippen molar-refractivity contribution in [3.63, 3.8) is 0 Å². The predicted molar refractivity (Wildman–Crippen MR) is 112 cm³/mol. The average Bonchev–Trinajstić information content (AvgIpc) is 2.70. The summed E-state index contributed by atoms with van der Waals surface area (Å²) in [5, 5.41) is 18.9. The zero-order valence-electron chi connectivity index (χ0n) is 15.9. The second-order valence-electron chi connectivity index (χ2n) is 5.90. The molecule has 154 valence electrons. The van der Waals surface area contributed by atoms with Gasteiger partial charge in [-0.3, -0.25) is 4.79 Å². The van der Waals surface area contributed by atoms with Crippen LogP contribution in [0.5, 0.6) is 0 Å². The molecule has 0 spiro atoms. The van der Waals surface area contributed by atoms with Crippen LogP contribution in [-0.4, -0.2) is 67.2 Å². The Labute approximate surface area is 174 Å². The number of halogens is 1. The number of carbonyl (C=O) groups excluding carboxylic acids is 1. The van der Waals surface area contributed by atoms with E-state index >= 15 is 0 Å². The minimum Gasteiger partial charge on any atom is -0.469 e. The van der Waals surface area contributed by atoms with Gasteiger partial charge in [-0.05, 0) is 29.7 Å². The Morgan fingerprint density at radius 3 is 2.19 bits per heavy atom. The molecule has 0 aliphatic heterocycles. The van der Waals surface area contributed by atoms with Gasteiger partial charge in [-0.15, -0.1) is 0 Å². The van der Waals surface area contributed by atoms with E-state index < -0.39 is 0 Å². The maximum Gasteiger partial charge on any atom is 0.305 e. The van der Waals surface area contributed by atoms with Crippen LogP contribution in [0.1, 0.15) is 24.0 Å². The SMILES string of the molecule is COC(=O)CCCN(CCOCCOCCI)c1cc(CO)cc(CO)c1. The van der Waals surface area contributed by atoms with Crippen molar-refractivity contribution in [2.24, 2.45) is 0 Å². The molecule has 1 aromatic rings. The number of ether oxygens (including phenoxy) is 3. The fraction of sp³-hybridized carbons (Fsp3) is 0.632. The van der Waals surface area contributed by atoms with E-state index in [0.717, 1.165) is 27.8 Å². The first-order chi connectivity index (χ1) is 13.1. The Balaban J connectivity index is 2.65. The van der Waals surface area contributed by atoms with Crippen LogP contribution in [0, 0.1) is 0 Å². The van der Waals surface area contributed by atoms with Gasteiger partial charge in [0, 0.05) is 29.6 Å². The fourth-order valence-corrected chi connectivity index (χ4v) is 2.86. The summed E-state index contributed by atoms with van der Waals surface area (Å²) in [7, 11) is 1.38. The third-order valence-electron chi connectivity index (χ3n) is 3.90. The lowest BCUT2D eigenvalue weighted by molar-refractivity contribution is -0.140. The van der Waals surface area contributed by atoms with Crippen molar-refractivity contribution in [3.05, 3.63) is 29.3 Å². The Morgan fingerprint density at radius 1 is 1.00 bits per heavy atom. The van der Waals surface area contributed by atoms with Crippen molar-refractivity contribution in [1.29, 1.82) is 0 Å². The second kappa shape index (κ2) is 15.0. The molecule has 8 heteroatoms. The number of hydrogen-bond acceptors (Lipinski definition) is 7. The molecule has 0 aliphatic rings. The largest absolute Gasteiger partial charge is 0.469 e. The van der Waals surface area contributed by atoms with Crippen LogP contribution >= 0.6 is 22.6 Å². The van der Waals surface area contributed by atoms with E-state index in [2.05, 4.69) is 27.5 Å². The summed E-state index contributed by atoms with van der Waals surface area (Å²) in [6.07, 6.45) is 0.980. The van der Waals surface area contributed by atoms with Gasteiger partial charge < -0.3 is 29.3 Å². The normalized spacial score (nSPS) is 10.8. The third-order valence-corrected chi connectivity index (χ3v) is 4.34. The smallest absolute Gasteiger partial charge is 0.305 e. The fourth-order valence-electron chi connectivity index (χ4n) is 2.55. The number of carbonyl (C=O) groups is 1. The molecule has 0 unspecified atom stereocenters. The van der Waals surface area contributed by atoms with Gasteiger partial charge >= 0.3 is 5.97 Å². The Morgan fingerprint density at radius 2 is 1.63 bits per heavy atom. The van der Waals surface area contributed by atoms with E-state index in [-0.39, 0.29) is 19.2 Å². The number of methoxy groups -OCH3 is 1. The van der Waals surface area contributed by atoms with Crippen molar-refractivity contribution in [3.8, 4) is 0 Å². The topological polar surface area (TPSA) is 88.5 Å². The van der Waals surface area contributed by atoms with Gasteiger partial charge in [0.25, 0.3) is 0 Å². The highest BCUT2D eigenvalue weighted by Crippen LogP contribution is 2.20. The lowest BCUT2D eigenvalue weighted by Gasteiger charge is -2.26. The van der Waals surface area contributed by atoms with Crippen LogP contribution in [-0.2, 0) is 32.2 Å². The van der Waals surface area contributed by atoms with E-state index in [1.165, 1.54) is 7.11 Å². The molecule has 0 saturated carbocycles. The molecule has 0 saturated heterocycles. The Bertz CT molecular complexity index is 521. The first-order valence-corrected chi connectivity index (χ1v) is 10.5. The predicted octanol–water partition coefficient (Wildman–Crippen LogP) is 1.90. The molecule has 27 heavy (non-hydrogen) atoms. The third kappa shape index (κ3) is 10.2. The van der Waals surface area contributed by atoms with Gasteiger partial charge in [0.15, 0.2) is 0 Å². The monoisotopic (exact) mass is 495 g/mol. The maximum atomic E-state index is 11.4. The molecule has 1 rings (SSSR count). The van der Waals surface area contributed by atoms with Gasteiger partial charge in [0.05, 0.1) is 46.8 Å². The number of alkyl halides is 1. The lowest BCUT2D eigenvalue weighted by atomic mass is 10.1. The molecule has 7 nitrogen and oxygen atoms in total. The minimum atomic E-state index is -0.237. The van der Waals surface area contributed by atoms with Gasteiger partial charge in [0.1, 0.15) is 0 Å².